The van der Waals surface area contributed by atoms with E-state index in [0.29, 0.717) is 0 Å². The summed E-state index contributed by atoms with van der Waals surface area (Å²) >= 11 is 6.96. The molecule has 0 aliphatic carbocycles. The molecule has 0 saturated carbocycles. The molecule has 0 radical (unpaired) electrons. The van der Waals surface area contributed by atoms with Gasteiger partial charge >= 0.3 is 5.97 Å². The minimum atomic E-state index is -3.83. The second-order valence-electron chi connectivity index (χ2n) is 4.15. The Labute approximate surface area is 131 Å². The Bertz CT molecular complexity index is 783. The van der Waals surface area contributed by atoms with Gasteiger partial charge in [0.15, 0.2) is 0 Å². The van der Waals surface area contributed by atoms with E-state index < -0.39 is 16.0 Å². The lowest BCUT2D eigenvalue weighted by atomic mass is 10.2. The Morgan fingerprint density at radius 2 is 2.05 bits per heavy atom. The van der Waals surface area contributed by atoms with Gasteiger partial charge in [0.2, 0.25) is 0 Å². The Balaban J connectivity index is 2.42. The van der Waals surface area contributed by atoms with Crippen molar-refractivity contribution in [2.24, 2.45) is 0 Å². The van der Waals surface area contributed by atoms with Gasteiger partial charge < -0.3 is 5.11 Å². The van der Waals surface area contributed by atoms with Crippen LogP contribution in [0.25, 0.3) is 0 Å². The fourth-order valence-corrected chi connectivity index (χ4v) is 4.34. The summed E-state index contributed by atoms with van der Waals surface area (Å²) in [5.74, 6) is -1.29. The van der Waals surface area contributed by atoms with E-state index in [9.17, 15) is 13.2 Å². The SMILES string of the molecule is CCc1ccc(S(=O)(=O)Nc2cccc(Cl)c2C(=O)O)s1. The number of carboxylic acids is 1. The minimum absolute atomic E-state index is 0.0249. The molecule has 0 aliphatic rings. The average molecular weight is 346 g/mol. The summed E-state index contributed by atoms with van der Waals surface area (Å²) in [4.78, 5) is 12.1. The molecular weight excluding hydrogens is 334 g/mol. The van der Waals surface area contributed by atoms with Crippen molar-refractivity contribution < 1.29 is 18.3 Å². The van der Waals surface area contributed by atoms with Crippen molar-refractivity contribution in [2.45, 2.75) is 17.6 Å². The number of halogens is 1. The van der Waals surface area contributed by atoms with Crippen LogP contribution in [-0.4, -0.2) is 19.5 Å². The second-order valence-corrected chi connectivity index (χ2v) is 7.63. The fourth-order valence-electron chi connectivity index (χ4n) is 1.71. The van der Waals surface area contributed by atoms with Crippen LogP contribution in [0.2, 0.25) is 5.02 Å². The van der Waals surface area contributed by atoms with Crippen molar-refractivity contribution in [1.82, 2.24) is 0 Å². The van der Waals surface area contributed by atoms with Crippen LogP contribution in [0, 0.1) is 0 Å². The van der Waals surface area contributed by atoms with E-state index in [4.69, 9.17) is 16.7 Å². The number of nitrogens with one attached hydrogen (secondary N) is 1. The fraction of sp³-hybridized carbons (Fsp3) is 0.154. The molecule has 0 saturated heterocycles. The molecule has 1 aromatic heterocycles. The van der Waals surface area contributed by atoms with Crippen molar-refractivity contribution in [2.75, 3.05) is 4.72 Å². The number of aromatic carboxylic acids is 1. The van der Waals surface area contributed by atoms with E-state index in [1.54, 1.807) is 6.07 Å². The summed E-state index contributed by atoms with van der Waals surface area (Å²) in [6.07, 6.45) is 0.734. The third-order valence-electron chi connectivity index (χ3n) is 2.72. The zero-order chi connectivity index (χ0) is 15.6. The number of carbonyl (C=O) groups is 1. The molecule has 2 rings (SSSR count). The maximum Gasteiger partial charge on any atom is 0.339 e. The highest BCUT2D eigenvalue weighted by Gasteiger charge is 2.21. The summed E-state index contributed by atoms with van der Waals surface area (Å²) in [5, 5.41) is 9.11. The first-order valence-corrected chi connectivity index (χ1v) is 8.66. The average Bonchev–Trinajstić information content (AvgIpc) is 2.87. The van der Waals surface area contributed by atoms with Crippen LogP contribution in [0.15, 0.2) is 34.5 Å². The van der Waals surface area contributed by atoms with Gasteiger partial charge in [-0.2, -0.15) is 0 Å². The third-order valence-corrected chi connectivity index (χ3v) is 6.12. The smallest absolute Gasteiger partial charge is 0.339 e. The van der Waals surface area contributed by atoms with Crippen LogP contribution >= 0.6 is 22.9 Å². The van der Waals surface area contributed by atoms with Crippen LogP contribution < -0.4 is 4.72 Å². The molecule has 0 aliphatic heterocycles. The molecule has 0 bridgehead atoms. The number of thiophene rings is 1. The zero-order valence-corrected chi connectivity index (χ0v) is 13.3. The molecule has 2 aromatic rings. The van der Waals surface area contributed by atoms with Crippen molar-refractivity contribution in [3.8, 4) is 0 Å². The molecule has 112 valence electrons. The third kappa shape index (κ3) is 3.37. The lowest BCUT2D eigenvalue weighted by Crippen LogP contribution is -2.14. The van der Waals surface area contributed by atoms with Crippen molar-refractivity contribution in [1.29, 1.82) is 0 Å². The van der Waals surface area contributed by atoms with Gasteiger partial charge in [-0.05, 0) is 30.7 Å². The molecule has 0 unspecified atom stereocenters. The van der Waals surface area contributed by atoms with Gasteiger partial charge in [-0.1, -0.05) is 24.6 Å². The second kappa shape index (κ2) is 6.05. The lowest BCUT2D eigenvalue weighted by molar-refractivity contribution is 0.0698. The largest absolute Gasteiger partial charge is 0.478 e. The van der Waals surface area contributed by atoms with Gasteiger partial charge in [0, 0.05) is 4.88 Å². The first-order chi connectivity index (χ1) is 9.85. The molecule has 1 heterocycles. The predicted molar refractivity (Wildman–Crippen MR) is 82.9 cm³/mol. The molecule has 1 aromatic carbocycles. The standard InChI is InChI=1S/C13H12ClNO4S2/c1-2-8-6-7-11(20-8)21(18,19)15-10-5-3-4-9(14)12(10)13(16)17/h3-7,15H,2H2,1H3,(H,16,17). The lowest BCUT2D eigenvalue weighted by Gasteiger charge is -2.10. The van der Waals surface area contributed by atoms with Gasteiger partial charge in [-0.15, -0.1) is 11.3 Å². The first kappa shape index (κ1) is 15.8. The van der Waals surface area contributed by atoms with Crippen LogP contribution in [0.1, 0.15) is 22.2 Å². The molecule has 5 nitrogen and oxygen atoms in total. The van der Waals surface area contributed by atoms with Crippen LogP contribution in [0.4, 0.5) is 5.69 Å². The Kier molecular flexibility index (Phi) is 4.55. The quantitative estimate of drug-likeness (QED) is 0.869. The summed E-state index contributed by atoms with van der Waals surface area (Å²) in [5.41, 5.74) is -0.323. The Hall–Kier alpha value is -1.57. The topological polar surface area (TPSA) is 83.5 Å². The number of hydrogen-bond donors (Lipinski definition) is 2. The molecule has 0 spiro atoms. The number of aryl methyl sites for hydroxylation is 1. The van der Waals surface area contributed by atoms with E-state index >= 15 is 0 Å². The molecule has 0 fully saturated rings. The summed E-state index contributed by atoms with van der Waals surface area (Å²) in [6.45, 7) is 1.93. The first-order valence-electron chi connectivity index (χ1n) is 5.98. The number of benzene rings is 1. The van der Waals surface area contributed by atoms with Crippen LogP contribution in [0.3, 0.4) is 0 Å². The van der Waals surface area contributed by atoms with Crippen molar-refractivity contribution in [3.05, 3.63) is 45.8 Å². The number of anilines is 1. The van der Waals surface area contributed by atoms with E-state index in [2.05, 4.69) is 4.72 Å². The number of sulfonamides is 1. The van der Waals surface area contributed by atoms with Crippen molar-refractivity contribution >= 4 is 44.6 Å². The van der Waals surface area contributed by atoms with Gasteiger partial charge in [0.25, 0.3) is 10.0 Å². The van der Waals surface area contributed by atoms with E-state index in [1.165, 1.54) is 24.3 Å². The monoisotopic (exact) mass is 345 g/mol. The van der Waals surface area contributed by atoms with Gasteiger partial charge in [-0.3, -0.25) is 4.72 Å². The van der Waals surface area contributed by atoms with Gasteiger partial charge in [-0.25, -0.2) is 13.2 Å². The molecule has 0 atom stereocenters. The number of rotatable bonds is 5. The Morgan fingerprint density at radius 1 is 1.33 bits per heavy atom. The molecule has 0 amide bonds. The number of hydrogen-bond acceptors (Lipinski definition) is 4. The Morgan fingerprint density at radius 3 is 2.62 bits per heavy atom. The summed E-state index contributed by atoms with van der Waals surface area (Å²) in [7, 11) is -3.83. The maximum absolute atomic E-state index is 12.3. The molecular formula is C13H12ClNO4S2. The summed E-state index contributed by atoms with van der Waals surface area (Å²) < 4.78 is 27.0. The van der Waals surface area contributed by atoms with Gasteiger partial charge in [0.05, 0.1) is 10.7 Å². The molecule has 2 N–H and O–H groups in total. The highest BCUT2D eigenvalue weighted by atomic mass is 35.5. The van der Waals surface area contributed by atoms with E-state index in [0.717, 1.165) is 22.6 Å². The highest BCUT2D eigenvalue weighted by molar-refractivity contribution is 7.94. The molecule has 21 heavy (non-hydrogen) atoms. The van der Waals surface area contributed by atoms with Crippen molar-refractivity contribution in [3.63, 3.8) is 0 Å². The molecule has 8 heteroatoms. The van der Waals surface area contributed by atoms with E-state index in [1.807, 2.05) is 6.92 Å². The van der Waals surface area contributed by atoms with Gasteiger partial charge in [0.1, 0.15) is 9.77 Å². The highest BCUT2D eigenvalue weighted by Crippen LogP contribution is 2.29. The maximum atomic E-state index is 12.3. The number of carboxylic acid groups (broad SMARTS) is 1. The minimum Gasteiger partial charge on any atom is -0.478 e. The summed E-state index contributed by atoms with van der Waals surface area (Å²) in [6, 6.07) is 7.47. The van der Waals surface area contributed by atoms with Crippen LogP contribution in [0.5, 0.6) is 0 Å². The van der Waals surface area contributed by atoms with Crippen LogP contribution in [-0.2, 0) is 16.4 Å². The zero-order valence-electron chi connectivity index (χ0n) is 11.0. The predicted octanol–water partition coefficient (Wildman–Crippen LogP) is 3.46. The normalized spacial score (nSPS) is 11.3. The van der Waals surface area contributed by atoms with E-state index in [-0.39, 0.29) is 20.5 Å².